The highest BCUT2D eigenvalue weighted by atomic mass is 32.2. The molecule has 1 amide bonds. The van der Waals surface area contributed by atoms with Gasteiger partial charge in [0.1, 0.15) is 10.6 Å². The van der Waals surface area contributed by atoms with Crippen molar-refractivity contribution in [2.24, 2.45) is 5.92 Å². The average Bonchev–Trinajstić information content (AvgIpc) is 2.86. The Labute approximate surface area is 121 Å². The maximum atomic E-state index is 11.8. The van der Waals surface area contributed by atoms with E-state index in [0.29, 0.717) is 33.9 Å². The Balaban J connectivity index is 2.42. The first-order valence-electron chi connectivity index (χ1n) is 6.15. The standard InChI is InChI=1S/C13H18N2O2S2/c1-4-19(17)13-15-9-11(18-13)12(16)14-8-6-5-7-10(2)3/h9-10H,4,6,8H2,1-3H3,(H,14,16). The highest BCUT2D eigenvalue weighted by Gasteiger charge is 2.17. The van der Waals surface area contributed by atoms with E-state index in [1.165, 1.54) is 17.5 Å². The Morgan fingerprint density at radius 2 is 2.37 bits per heavy atom. The summed E-state index contributed by atoms with van der Waals surface area (Å²) in [4.78, 5) is 16.3. The number of rotatable bonds is 5. The van der Waals surface area contributed by atoms with Crippen molar-refractivity contribution >= 4 is 28.4 Å². The van der Waals surface area contributed by atoms with E-state index >= 15 is 0 Å². The van der Waals surface area contributed by atoms with E-state index in [1.54, 1.807) is 0 Å². The molecule has 1 heterocycles. The number of carbonyl (C=O) groups excluding carboxylic acids is 1. The molecule has 104 valence electrons. The van der Waals surface area contributed by atoms with Gasteiger partial charge in [0.05, 0.1) is 6.20 Å². The van der Waals surface area contributed by atoms with E-state index in [9.17, 15) is 9.35 Å². The van der Waals surface area contributed by atoms with Crippen molar-refractivity contribution < 1.29 is 9.35 Å². The van der Waals surface area contributed by atoms with E-state index < -0.39 is 11.2 Å². The molecule has 0 aromatic carbocycles. The largest absolute Gasteiger partial charge is 0.610 e. The lowest BCUT2D eigenvalue weighted by molar-refractivity contribution is 0.0958. The fraction of sp³-hybridized carbons (Fsp3) is 0.538. The van der Waals surface area contributed by atoms with Crippen LogP contribution in [0.15, 0.2) is 10.5 Å². The predicted octanol–water partition coefficient (Wildman–Crippen LogP) is 2.05. The van der Waals surface area contributed by atoms with Crippen LogP contribution in [0.2, 0.25) is 0 Å². The molecule has 19 heavy (non-hydrogen) atoms. The lowest BCUT2D eigenvalue weighted by Crippen LogP contribution is -2.23. The van der Waals surface area contributed by atoms with Crippen molar-refractivity contribution in [3.05, 3.63) is 11.1 Å². The van der Waals surface area contributed by atoms with Crippen LogP contribution in [0.25, 0.3) is 0 Å². The second-order valence-corrected chi connectivity index (χ2v) is 7.05. The molecule has 1 aromatic heterocycles. The van der Waals surface area contributed by atoms with E-state index in [1.807, 2.05) is 20.8 Å². The molecule has 0 fully saturated rings. The maximum Gasteiger partial charge on any atom is 0.302 e. The van der Waals surface area contributed by atoms with Gasteiger partial charge in [0, 0.05) is 30.1 Å². The molecule has 6 heteroatoms. The Bertz CT molecular complexity index is 474. The van der Waals surface area contributed by atoms with Crippen LogP contribution >= 0.6 is 11.3 Å². The molecular weight excluding hydrogens is 280 g/mol. The van der Waals surface area contributed by atoms with Crippen LogP contribution in [-0.4, -0.2) is 27.7 Å². The normalized spacial score (nSPS) is 11.8. The quantitative estimate of drug-likeness (QED) is 0.514. The van der Waals surface area contributed by atoms with E-state index in [2.05, 4.69) is 22.1 Å². The van der Waals surface area contributed by atoms with Gasteiger partial charge in [-0.3, -0.25) is 4.79 Å². The first-order chi connectivity index (χ1) is 9.04. The van der Waals surface area contributed by atoms with Crippen molar-refractivity contribution in [1.29, 1.82) is 0 Å². The number of hydrogen-bond donors (Lipinski definition) is 1. The summed E-state index contributed by atoms with van der Waals surface area (Å²) in [6, 6.07) is 0. The first-order valence-corrected chi connectivity index (χ1v) is 8.29. The van der Waals surface area contributed by atoms with E-state index in [0.717, 1.165) is 0 Å². The van der Waals surface area contributed by atoms with Gasteiger partial charge in [0.2, 0.25) is 0 Å². The summed E-state index contributed by atoms with van der Waals surface area (Å²) >= 11 is 0.0879. The Hall–Kier alpha value is -1.03. The molecule has 0 aliphatic heterocycles. The van der Waals surface area contributed by atoms with Crippen LogP contribution < -0.4 is 5.32 Å². The Morgan fingerprint density at radius 3 is 3.00 bits per heavy atom. The Morgan fingerprint density at radius 1 is 1.63 bits per heavy atom. The molecule has 0 saturated carbocycles. The summed E-state index contributed by atoms with van der Waals surface area (Å²) in [5.41, 5.74) is 0. The SMILES string of the molecule is CC[S+]([O-])c1ncc(C(=O)NCCC#CC(C)C)s1. The van der Waals surface area contributed by atoms with Gasteiger partial charge in [0.25, 0.3) is 5.91 Å². The van der Waals surface area contributed by atoms with Crippen molar-refractivity contribution in [3.8, 4) is 11.8 Å². The molecule has 0 bridgehead atoms. The summed E-state index contributed by atoms with van der Waals surface area (Å²) in [6.45, 7) is 6.39. The van der Waals surface area contributed by atoms with Crippen LogP contribution in [0.4, 0.5) is 0 Å². The van der Waals surface area contributed by atoms with Crippen molar-refractivity contribution in [3.63, 3.8) is 0 Å². The molecule has 1 rings (SSSR count). The second-order valence-electron chi connectivity index (χ2n) is 4.11. The Kier molecular flexibility index (Phi) is 6.92. The number of aromatic nitrogens is 1. The second kappa shape index (κ2) is 8.20. The van der Waals surface area contributed by atoms with Gasteiger partial charge in [0.15, 0.2) is 0 Å². The fourth-order valence-electron chi connectivity index (χ4n) is 1.19. The number of nitrogens with one attached hydrogen (secondary N) is 1. The smallest absolute Gasteiger partial charge is 0.302 e. The third-order valence-corrected chi connectivity index (χ3v) is 4.71. The third kappa shape index (κ3) is 5.64. The summed E-state index contributed by atoms with van der Waals surface area (Å²) in [7, 11) is 0. The van der Waals surface area contributed by atoms with Gasteiger partial charge in [-0.15, -0.1) is 11.8 Å². The van der Waals surface area contributed by atoms with Crippen molar-refractivity contribution in [2.75, 3.05) is 12.3 Å². The van der Waals surface area contributed by atoms with Gasteiger partial charge in [-0.1, -0.05) is 25.2 Å². The average molecular weight is 298 g/mol. The highest BCUT2D eigenvalue weighted by Crippen LogP contribution is 2.19. The topological polar surface area (TPSA) is 65.0 Å². The lowest BCUT2D eigenvalue weighted by Gasteiger charge is -2.01. The van der Waals surface area contributed by atoms with Crippen LogP contribution in [0.1, 0.15) is 36.9 Å². The molecule has 0 spiro atoms. The monoisotopic (exact) mass is 298 g/mol. The van der Waals surface area contributed by atoms with Crippen molar-refractivity contribution in [2.45, 2.75) is 31.5 Å². The van der Waals surface area contributed by atoms with Gasteiger partial charge in [-0.25, -0.2) is 0 Å². The fourth-order valence-corrected chi connectivity index (χ4v) is 3.17. The lowest BCUT2D eigenvalue weighted by atomic mass is 10.2. The van der Waals surface area contributed by atoms with E-state index in [-0.39, 0.29) is 5.91 Å². The number of hydrogen-bond acceptors (Lipinski definition) is 4. The van der Waals surface area contributed by atoms with Crippen molar-refractivity contribution in [1.82, 2.24) is 10.3 Å². The highest BCUT2D eigenvalue weighted by molar-refractivity contribution is 7.93. The van der Waals surface area contributed by atoms with Crippen LogP contribution in [0, 0.1) is 17.8 Å². The van der Waals surface area contributed by atoms with Gasteiger partial charge >= 0.3 is 4.34 Å². The minimum Gasteiger partial charge on any atom is -0.610 e. The number of amides is 1. The van der Waals surface area contributed by atoms with Gasteiger partial charge < -0.3 is 9.87 Å². The van der Waals surface area contributed by atoms with Gasteiger partial charge in [-0.05, 0) is 6.92 Å². The summed E-state index contributed by atoms with van der Waals surface area (Å²) < 4.78 is 12.0. The molecule has 1 unspecified atom stereocenters. The molecule has 1 aromatic rings. The minimum absolute atomic E-state index is 0.178. The molecule has 1 N–H and O–H groups in total. The van der Waals surface area contributed by atoms with E-state index in [4.69, 9.17) is 0 Å². The molecule has 0 saturated heterocycles. The molecule has 1 atom stereocenters. The van der Waals surface area contributed by atoms with Crippen LogP contribution in [-0.2, 0) is 11.2 Å². The third-order valence-electron chi connectivity index (χ3n) is 2.09. The maximum absolute atomic E-state index is 11.8. The van der Waals surface area contributed by atoms with Gasteiger partial charge in [-0.2, -0.15) is 4.98 Å². The molecule has 0 radical (unpaired) electrons. The zero-order valence-corrected chi connectivity index (χ0v) is 13.0. The summed E-state index contributed by atoms with van der Waals surface area (Å²) in [5.74, 6) is 6.72. The van der Waals surface area contributed by atoms with Crippen LogP contribution in [0.3, 0.4) is 0 Å². The van der Waals surface area contributed by atoms with Crippen LogP contribution in [0.5, 0.6) is 0 Å². The predicted molar refractivity (Wildman–Crippen MR) is 78.6 cm³/mol. The summed E-state index contributed by atoms with van der Waals surface area (Å²) in [5, 5.41) is 2.77. The molecule has 4 nitrogen and oxygen atoms in total. The molecule has 0 aliphatic carbocycles. The number of nitrogens with zero attached hydrogens (tertiary/aromatic N) is 1. The number of thiazole rings is 1. The molecular formula is C13H18N2O2S2. The number of carbonyl (C=O) groups is 1. The molecule has 0 aliphatic rings. The zero-order chi connectivity index (χ0) is 14.3. The zero-order valence-electron chi connectivity index (χ0n) is 11.4. The summed E-state index contributed by atoms with van der Waals surface area (Å²) in [6.07, 6.45) is 2.11. The minimum atomic E-state index is -1.10. The first kappa shape index (κ1) is 16.0.